The number of piperazine rings is 1. The highest BCUT2D eigenvalue weighted by molar-refractivity contribution is 7.98. The lowest BCUT2D eigenvalue weighted by Gasteiger charge is -2.37. The molecule has 0 atom stereocenters. The molecule has 1 aliphatic rings. The summed E-state index contributed by atoms with van der Waals surface area (Å²) >= 11 is 1.62. The van der Waals surface area contributed by atoms with Gasteiger partial charge in [-0.15, -0.1) is 0 Å². The first-order valence-corrected chi connectivity index (χ1v) is 15.1. The predicted molar refractivity (Wildman–Crippen MR) is 168 cm³/mol. The normalized spacial score (nSPS) is 13.4. The number of rotatable bonds is 10. The highest BCUT2D eigenvalue weighted by atomic mass is 32.2. The molecule has 4 aromatic rings. The minimum atomic E-state index is -0.0338. The van der Waals surface area contributed by atoms with Crippen LogP contribution >= 0.6 is 11.8 Å². The lowest BCUT2D eigenvalue weighted by Crippen LogP contribution is -2.46. The second kappa shape index (κ2) is 13.5. The fraction of sp³-hybridized carbons (Fsp3) is 0.303. The van der Waals surface area contributed by atoms with Crippen molar-refractivity contribution in [2.24, 2.45) is 5.92 Å². The van der Waals surface area contributed by atoms with E-state index in [2.05, 4.69) is 59.3 Å². The van der Waals surface area contributed by atoms with Crippen LogP contribution in [0.4, 0.5) is 11.5 Å². The largest absolute Gasteiger partial charge is 0.497 e. The molecule has 1 amide bonds. The van der Waals surface area contributed by atoms with E-state index in [0.717, 1.165) is 65.5 Å². The molecule has 0 radical (unpaired) electrons. The van der Waals surface area contributed by atoms with Gasteiger partial charge in [0.05, 0.1) is 12.8 Å². The number of amides is 1. The van der Waals surface area contributed by atoms with Gasteiger partial charge in [-0.05, 0) is 47.9 Å². The van der Waals surface area contributed by atoms with Crippen molar-refractivity contribution in [3.8, 4) is 17.0 Å². The second-order valence-corrected chi connectivity index (χ2v) is 11.5. The Balaban J connectivity index is 1.28. The van der Waals surface area contributed by atoms with Gasteiger partial charge in [-0.2, -0.15) is 0 Å². The van der Waals surface area contributed by atoms with E-state index in [1.165, 1.54) is 5.69 Å². The number of aromatic nitrogens is 2. The maximum Gasteiger partial charge on any atom is 0.251 e. The van der Waals surface area contributed by atoms with E-state index >= 15 is 0 Å². The molecule has 0 unspecified atom stereocenters. The van der Waals surface area contributed by atoms with Gasteiger partial charge >= 0.3 is 0 Å². The topological polar surface area (TPSA) is 70.6 Å². The Labute approximate surface area is 247 Å². The molecule has 1 fully saturated rings. The first-order valence-electron chi connectivity index (χ1n) is 14.1. The fourth-order valence-electron chi connectivity index (χ4n) is 4.68. The molecular weight excluding hydrogens is 530 g/mol. The maximum absolute atomic E-state index is 12.4. The first-order chi connectivity index (χ1) is 20.0. The van der Waals surface area contributed by atoms with E-state index in [0.29, 0.717) is 18.0 Å². The summed E-state index contributed by atoms with van der Waals surface area (Å²) in [6.45, 7) is 8.42. The maximum atomic E-state index is 12.4. The summed E-state index contributed by atoms with van der Waals surface area (Å²) in [7, 11) is 1.69. The molecule has 1 N–H and O–H groups in total. The molecule has 2 heterocycles. The van der Waals surface area contributed by atoms with Crippen LogP contribution < -0.4 is 19.9 Å². The minimum Gasteiger partial charge on any atom is -0.497 e. The number of carbonyl (C=O) groups is 1. The summed E-state index contributed by atoms with van der Waals surface area (Å²) in [5.41, 5.74) is 5.01. The van der Waals surface area contributed by atoms with E-state index in [1.54, 1.807) is 18.9 Å². The summed E-state index contributed by atoms with van der Waals surface area (Å²) in [5, 5.41) is 3.72. The highest BCUT2D eigenvalue weighted by Gasteiger charge is 2.20. The average molecular weight is 568 g/mol. The van der Waals surface area contributed by atoms with Gasteiger partial charge in [0.1, 0.15) is 11.6 Å². The quantitative estimate of drug-likeness (QED) is 0.182. The van der Waals surface area contributed by atoms with E-state index in [-0.39, 0.29) is 5.91 Å². The van der Waals surface area contributed by atoms with Crippen LogP contribution in [0.15, 0.2) is 90.1 Å². The van der Waals surface area contributed by atoms with Gasteiger partial charge in [0.25, 0.3) is 5.91 Å². The van der Waals surface area contributed by atoms with Crippen molar-refractivity contribution in [1.82, 2.24) is 15.3 Å². The van der Waals surface area contributed by atoms with Gasteiger partial charge in [0, 0.05) is 61.4 Å². The zero-order valence-corrected chi connectivity index (χ0v) is 24.7. The molecule has 8 heteroatoms. The number of hydrogen-bond donors (Lipinski definition) is 1. The van der Waals surface area contributed by atoms with Crippen molar-refractivity contribution >= 4 is 29.2 Å². The zero-order valence-electron chi connectivity index (χ0n) is 23.9. The number of anilines is 2. The molecule has 1 aromatic heterocycles. The van der Waals surface area contributed by atoms with Gasteiger partial charge in [-0.25, -0.2) is 9.97 Å². The number of nitrogens with one attached hydrogen (secondary N) is 1. The highest BCUT2D eigenvalue weighted by Crippen LogP contribution is 2.29. The Kier molecular flexibility index (Phi) is 9.41. The lowest BCUT2D eigenvalue weighted by atomic mass is 10.1. The van der Waals surface area contributed by atoms with Gasteiger partial charge in [0.15, 0.2) is 5.16 Å². The first kappa shape index (κ1) is 28.5. The van der Waals surface area contributed by atoms with Crippen LogP contribution in [0.3, 0.4) is 0 Å². The lowest BCUT2D eigenvalue weighted by molar-refractivity contribution is 0.0949. The van der Waals surface area contributed by atoms with Crippen molar-refractivity contribution in [2.45, 2.75) is 24.8 Å². The summed E-state index contributed by atoms with van der Waals surface area (Å²) in [4.78, 5) is 27.0. The number of nitrogens with zero attached hydrogens (tertiary/aromatic N) is 4. The van der Waals surface area contributed by atoms with Crippen LogP contribution in [0, 0.1) is 5.92 Å². The Morgan fingerprint density at radius 1 is 0.902 bits per heavy atom. The standard InChI is InChI=1S/C33H37N5O2S/c1-24(2)22-34-32(39)27-11-9-25(10-12-27)23-41-33-35-30(26-7-5-4-6-8-26)21-31(36-33)38-19-17-37(18-20-38)28-13-15-29(40-3)16-14-28/h4-16,21,24H,17-20,22-23H2,1-3H3,(H,34,39). The Bertz CT molecular complexity index is 1420. The van der Waals surface area contributed by atoms with Gasteiger partial charge in [-0.1, -0.05) is 68.1 Å². The molecule has 0 saturated carbocycles. The molecule has 0 bridgehead atoms. The van der Waals surface area contributed by atoms with Crippen LogP contribution in [0.1, 0.15) is 29.8 Å². The summed E-state index contributed by atoms with van der Waals surface area (Å²) in [6, 6.07) is 28.4. The summed E-state index contributed by atoms with van der Waals surface area (Å²) < 4.78 is 5.31. The Morgan fingerprint density at radius 3 is 2.24 bits per heavy atom. The number of benzene rings is 3. The van der Waals surface area contributed by atoms with Crippen molar-refractivity contribution in [3.05, 3.63) is 96.1 Å². The van der Waals surface area contributed by atoms with Crippen LogP contribution in [-0.4, -0.2) is 55.7 Å². The fourth-order valence-corrected chi connectivity index (χ4v) is 5.49. The molecular formula is C33H37N5O2S. The van der Waals surface area contributed by atoms with Crippen LogP contribution in [0.2, 0.25) is 0 Å². The molecule has 1 saturated heterocycles. The molecule has 212 valence electrons. The molecule has 0 aliphatic carbocycles. The van der Waals surface area contributed by atoms with Crippen molar-refractivity contribution in [1.29, 1.82) is 0 Å². The molecule has 5 rings (SSSR count). The number of thioether (sulfide) groups is 1. The predicted octanol–water partition coefficient (Wildman–Crippen LogP) is 6.16. The third-order valence-corrected chi connectivity index (χ3v) is 7.98. The van der Waals surface area contributed by atoms with Crippen LogP contribution in [0.5, 0.6) is 5.75 Å². The number of carbonyl (C=O) groups excluding carboxylic acids is 1. The smallest absolute Gasteiger partial charge is 0.251 e. The van der Waals surface area contributed by atoms with E-state index in [4.69, 9.17) is 14.7 Å². The number of hydrogen-bond acceptors (Lipinski definition) is 7. The molecule has 3 aromatic carbocycles. The average Bonchev–Trinajstić information content (AvgIpc) is 3.03. The molecule has 0 spiro atoms. The molecule has 7 nitrogen and oxygen atoms in total. The van der Waals surface area contributed by atoms with Crippen molar-refractivity contribution in [3.63, 3.8) is 0 Å². The monoisotopic (exact) mass is 567 g/mol. The van der Waals surface area contributed by atoms with Crippen molar-refractivity contribution in [2.75, 3.05) is 49.6 Å². The van der Waals surface area contributed by atoms with E-state index < -0.39 is 0 Å². The van der Waals surface area contributed by atoms with Crippen molar-refractivity contribution < 1.29 is 9.53 Å². The van der Waals surface area contributed by atoms with Gasteiger partial charge in [0.2, 0.25) is 0 Å². The van der Waals surface area contributed by atoms with E-state index in [9.17, 15) is 4.79 Å². The van der Waals surface area contributed by atoms with Gasteiger partial charge in [-0.3, -0.25) is 4.79 Å². The summed E-state index contributed by atoms with van der Waals surface area (Å²) in [6.07, 6.45) is 0. The van der Waals surface area contributed by atoms with E-state index in [1.807, 2.05) is 54.6 Å². The zero-order chi connectivity index (χ0) is 28.6. The molecule has 1 aliphatic heterocycles. The van der Waals surface area contributed by atoms with Crippen LogP contribution in [0.25, 0.3) is 11.3 Å². The second-order valence-electron chi connectivity index (χ2n) is 10.5. The number of ether oxygens (including phenoxy) is 1. The third kappa shape index (κ3) is 7.58. The third-order valence-electron chi connectivity index (χ3n) is 7.06. The van der Waals surface area contributed by atoms with Gasteiger partial charge < -0.3 is 19.9 Å². The minimum absolute atomic E-state index is 0.0338. The Hall–Kier alpha value is -4.04. The SMILES string of the molecule is COc1ccc(N2CCN(c3cc(-c4ccccc4)nc(SCc4ccc(C(=O)NCC(C)C)cc4)n3)CC2)cc1. The Morgan fingerprint density at radius 2 is 1.59 bits per heavy atom. The number of methoxy groups -OCH3 is 1. The van der Waals surface area contributed by atoms with Crippen LogP contribution in [-0.2, 0) is 5.75 Å². The molecule has 41 heavy (non-hydrogen) atoms. The summed E-state index contributed by atoms with van der Waals surface area (Å²) in [5.74, 6) is 2.93.